The first kappa shape index (κ1) is 25.2. The fraction of sp³-hybridized carbons (Fsp3) is 0. The van der Waals surface area contributed by atoms with E-state index in [1.54, 1.807) is 12.4 Å². The zero-order valence-electron chi connectivity index (χ0n) is 23.9. The van der Waals surface area contributed by atoms with Crippen molar-refractivity contribution >= 4 is 43.7 Å². The van der Waals surface area contributed by atoms with Gasteiger partial charge < -0.3 is 4.42 Å². The van der Waals surface area contributed by atoms with Crippen molar-refractivity contribution in [3.63, 3.8) is 0 Å². The van der Waals surface area contributed by atoms with Crippen LogP contribution in [-0.4, -0.2) is 24.9 Å². The molecule has 6 heteroatoms. The van der Waals surface area contributed by atoms with Gasteiger partial charge in [0.1, 0.15) is 11.2 Å². The average molecular weight is 578 g/mol. The van der Waals surface area contributed by atoms with Gasteiger partial charge in [-0.1, -0.05) is 48.5 Å². The molecule has 0 spiro atoms. The highest BCUT2D eigenvalue weighted by Gasteiger charge is 2.17. The first-order chi connectivity index (χ1) is 22.3. The first-order valence-corrected chi connectivity index (χ1v) is 14.7. The summed E-state index contributed by atoms with van der Waals surface area (Å²) in [6.45, 7) is 0. The van der Waals surface area contributed by atoms with Gasteiger partial charge in [-0.05, 0) is 83.9 Å². The summed E-state index contributed by atoms with van der Waals surface area (Å²) < 4.78 is 6.39. The number of hydrogen-bond acceptors (Lipinski definition) is 6. The third kappa shape index (κ3) is 4.31. The topological polar surface area (TPSA) is 77.6 Å². The molecule has 6 aromatic heterocycles. The Bertz CT molecular complexity index is 2480. The van der Waals surface area contributed by atoms with Crippen LogP contribution >= 0.6 is 0 Å². The monoisotopic (exact) mass is 577 g/mol. The Morgan fingerprint density at radius 2 is 1.16 bits per heavy atom. The van der Waals surface area contributed by atoms with Crippen molar-refractivity contribution < 1.29 is 4.42 Å². The molecule has 0 fully saturated rings. The highest BCUT2D eigenvalue weighted by atomic mass is 16.3. The number of rotatable bonds is 4. The summed E-state index contributed by atoms with van der Waals surface area (Å²) in [5, 5.41) is 4.19. The molecule has 6 heterocycles. The zero-order valence-corrected chi connectivity index (χ0v) is 23.9. The van der Waals surface area contributed by atoms with Crippen LogP contribution in [0.3, 0.4) is 0 Å². The molecule has 0 N–H and O–H groups in total. The third-order valence-electron chi connectivity index (χ3n) is 8.21. The average Bonchev–Trinajstić information content (AvgIpc) is 3.50. The van der Waals surface area contributed by atoms with Crippen LogP contribution in [-0.2, 0) is 0 Å². The lowest BCUT2D eigenvalue weighted by atomic mass is 9.97. The predicted molar refractivity (Wildman–Crippen MR) is 179 cm³/mol. The molecule has 0 saturated carbocycles. The van der Waals surface area contributed by atoms with E-state index in [4.69, 9.17) is 14.4 Å². The number of hydrogen-bond donors (Lipinski definition) is 0. The van der Waals surface area contributed by atoms with Crippen molar-refractivity contribution in [1.82, 2.24) is 24.9 Å². The zero-order chi connectivity index (χ0) is 29.7. The minimum Gasteiger partial charge on any atom is -0.456 e. The van der Waals surface area contributed by atoms with Gasteiger partial charge in [-0.15, -0.1) is 0 Å². The molecular weight excluding hydrogens is 554 g/mol. The van der Waals surface area contributed by atoms with Gasteiger partial charge in [-0.2, -0.15) is 0 Å². The van der Waals surface area contributed by atoms with Gasteiger partial charge in [0, 0.05) is 45.7 Å². The van der Waals surface area contributed by atoms with E-state index in [-0.39, 0.29) is 0 Å². The minimum absolute atomic E-state index is 0.778. The van der Waals surface area contributed by atoms with Crippen molar-refractivity contribution in [3.8, 4) is 45.2 Å². The quantitative estimate of drug-likeness (QED) is 0.194. The van der Waals surface area contributed by atoms with Crippen molar-refractivity contribution in [2.24, 2.45) is 0 Å². The first-order valence-electron chi connectivity index (χ1n) is 14.7. The molecule has 0 aliphatic heterocycles. The Hall–Kier alpha value is -6.27. The molecule has 9 aromatic rings. The smallest absolute Gasteiger partial charge is 0.136 e. The number of fused-ring (bicyclic) bond motifs is 6. The molecular formula is C39H23N5O. The van der Waals surface area contributed by atoms with Gasteiger partial charge in [0.2, 0.25) is 0 Å². The van der Waals surface area contributed by atoms with E-state index in [2.05, 4.69) is 75.6 Å². The van der Waals surface area contributed by atoms with Crippen molar-refractivity contribution in [1.29, 1.82) is 0 Å². The number of furan rings is 1. The Balaban J connectivity index is 1.26. The van der Waals surface area contributed by atoms with Crippen LogP contribution in [0.5, 0.6) is 0 Å². The molecule has 0 amide bonds. The summed E-state index contributed by atoms with van der Waals surface area (Å²) in [7, 11) is 0. The van der Waals surface area contributed by atoms with E-state index in [1.165, 1.54) is 0 Å². The molecule has 3 aromatic carbocycles. The molecule has 0 aliphatic rings. The summed E-state index contributed by atoms with van der Waals surface area (Å²) >= 11 is 0. The van der Waals surface area contributed by atoms with Crippen LogP contribution in [0.4, 0.5) is 0 Å². The maximum absolute atomic E-state index is 6.39. The second-order valence-corrected chi connectivity index (χ2v) is 11.0. The lowest BCUT2D eigenvalue weighted by molar-refractivity contribution is 0.669. The summed E-state index contributed by atoms with van der Waals surface area (Å²) in [5.41, 5.74) is 10.5. The van der Waals surface area contributed by atoms with Crippen LogP contribution < -0.4 is 0 Å². The number of benzene rings is 3. The number of pyridine rings is 5. The van der Waals surface area contributed by atoms with Crippen LogP contribution in [0.2, 0.25) is 0 Å². The predicted octanol–water partition coefficient (Wildman–Crippen LogP) is 9.54. The summed E-state index contributed by atoms with van der Waals surface area (Å²) in [6, 6.07) is 40.8. The lowest BCUT2D eigenvalue weighted by Crippen LogP contribution is -1.94. The largest absolute Gasteiger partial charge is 0.456 e. The Morgan fingerprint density at radius 3 is 1.91 bits per heavy atom. The van der Waals surface area contributed by atoms with Gasteiger partial charge in [0.05, 0.1) is 39.5 Å². The SMILES string of the molecule is c1ccc(-c2cc(-c3cccc4oc5ccc(-c6ccc7ccc8cccnc8c7n6)cc5c34)cc(-c3ccccn3)n2)nc1. The van der Waals surface area contributed by atoms with E-state index in [9.17, 15) is 0 Å². The molecule has 0 aliphatic carbocycles. The summed E-state index contributed by atoms with van der Waals surface area (Å²) in [4.78, 5) is 23.9. The maximum atomic E-state index is 6.39. The molecule has 210 valence electrons. The van der Waals surface area contributed by atoms with E-state index in [0.29, 0.717) is 0 Å². The molecule has 0 atom stereocenters. The van der Waals surface area contributed by atoms with E-state index >= 15 is 0 Å². The van der Waals surface area contributed by atoms with Gasteiger partial charge in [-0.3, -0.25) is 15.0 Å². The fourth-order valence-corrected chi connectivity index (χ4v) is 6.09. The van der Waals surface area contributed by atoms with E-state index in [0.717, 1.165) is 88.9 Å². The van der Waals surface area contributed by atoms with Gasteiger partial charge >= 0.3 is 0 Å². The second kappa shape index (κ2) is 10.2. The van der Waals surface area contributed by atoms with Gasteiger partial charge in [-0.25, -0.2) is 9.97 Å². The van der Waals surface area contributed by atoms with E-state index in [1.807, 2.05) is 66.9 Å². The second-order valence-electron chi connectivity index (χ2n) is 11.0. The Morgan fingerprint density at radius 1 is 0.422 bits per heavy atom. The minimum atomic E-state index is 0.778. The molecule has 0 radical (unpaired) electrons. The lowest BCUT2D eigenvalue weighted by Gasteiger charge is -2.10. The molecule has 6 nitrogen and oxygen atoms in total. The molecule has 45 heavy (non-hydrogen) atoms. The Kier molecular flexibility index (Phi) is 5.71. The van der Waals surface area contributed by atoms with Crippen molar-refractivity contribution in [2.45, 2.75) is 0 Å². The third-order valence-corrected chi connectivity index (χ3v) is 8.21. The number of aromatic nitrogens is 5. The molecule has 0 unspecified atom stereocenters. The van der Waals surface area contributed by atoms with Crippen LogP contribution in [0.1, 0.15) is 0 Å². The normalized spacial score (nSPS) is 11.6. The van der Waals surface area contributed by atoms with Gasteiger partial charge in [0.15, 0.2) is 0 Å². The fourth-order valence-electron chi connectivity index (χ4n) is 6.09. The van der Waals surface area contributed by atoms with Crippen molar-refractivity contribution in [3.05, 3.63) is 140 Å². The van der Waals surface area contributed by atoms with Crippen LogP contribution in [0.15, 0.2) is 144 Å². The highest BCUT2D eigenvalue weighted by molar-refractivity contribution is 6.13. The maximum Gasteiger partial charge on any atom is 0.136 e. The Labute approximate surface area is 257 Å². The molecule has 0 saturated heterocycles. The summed E-state index contributed by atoms with van der Waals surface area (Å²) in [6.07, 6.45) is 5.39. The van der Waals surface area contributed by atoms with Crippen LogP contribution in [0.25, 0.3) is 88.9 Å². The molecule has 9 rings (SSSR count). The van der Waals surface area contributed by atoms with Crippen molar-refractivity contribution in [2.75, 3.05) is 0 Å². The standard InChI is InChI=1S/C39H23N5O/c1-3-18-40-31(9-1)33-22-27(23-34(43-33)32-10-2-4-19-41-32)28-8-5-11-36-37(28)29-21-26(15-17-35(29)45-36)30-16-14-25-13-12-24-7-6-20-42-38(24)39(25)44-30/h1-23H. The van der Waals surface area contributed by atoms with E-state index < -0.39 is 0 Å². The number of nitrogens with zero attached hydrogens (tertiary/aromatic N) is 5. The molecule has 0 bridgehead atoms. The summed E-state index contributed by atoms with van der Waals surface area (Å²) in [5.74, 6) is 0. The van der Waals surface area contributed by atoms with Crippen LogP contribution in [0, 0.1) is 0 Å². The van der Waals surface area contributed by atoms with Gasteiger partial charge in [0.25, 0.3) is 0 Å². The highest BCUT2D eigenvalue weighted by Crippen LogP contribution is 2.40.